The number of nitrogens with zero attached hydrogens (tertiary/aromatic N) is 2. The predicted molar refractivity (Wildman–Crippen MR) is 118 cm³/mol. The first kappa shape index (κ1) is 19.4. The van der Waals surface area contributed by atoms with Crippen LogP contribution in [0.5, 0.6) is 5.75 Å². The number of aromatic nitrogens is 2. The molecule has 0 unspecified atom stereocenters. The van der Waals surface area contributed by atoms with E-state index < -0.39 is 0 Å². The molecule has 2 aromatic heterocycles. The van der Waals surface area contributed by atoms with Crippen molar-refractivity contribution in [2.24, 2.45) is 0 Å². The number of methoxy groups -OCH3 is 1. The van der Waals surface area contributed by atoms with Crippen molar-refractivity contribution in [3.8, 4) is 5.75 Å². The lowest BCUT2D eigenvalue weighted by molar-refractivity contribution is 0.0693. The molecule has 1 aliphatic heterocycles. The summed E-state index contributed by atoms with van der Waals surface area (Å²) >= 11 is 0. The number of ether oxygens (including phenoxy) is 1. The van der Waals surface area contributed by atoms with Crippen molar-refractivity contribution in [1.29, 1.82) is 0 Å². The molecule has 1 amide bonds. The molecule has 0 aliphatic carbocycles. The zero-order chi connectivity index (χ0) is 21.2. The quantitative estimate of drug-likeness (QED) is 0.509. The van der Waals surface area contributed by atoms with Gasteiger partial charge in [-0.3, -0.25) is 4.79 Å². The Balaban J connectivity index is 1.29. The van der Waals surface area contributed by atoms with Crippen LogP contribution in [0.25, 0.3) is 10.9 Å². The van der Waals surface area contributed by atoms with Crippen LogP contribution < -0.4 is 4.74 Å². The summed E-state index contributed by atoms with van der Waals surface area (Å²) in [6, 6.07) is 17.9. The van der Waals surface area contributed by atoms with Crippen LogP contribution in [0.1, 0.15) is 46.5 Å². The summed E-state index contributed by atoms with van der Waals surface area (Å²) in [5, 5.41) is 0.967. The molecule has 1 fully saturated rings. The SMILES string of the molecule is COc1ccc2[nH]c(C(=O)N3CCC[C@H](c4ncc(Cc5ccccc5)o4)C3)cc2c1. The fraction of sp³-hybridized carbons (Fsp3) is 0.280. The van der Waals surface area contributed by atoms with Crippen LogP contribution in [-0.4, -0.2) is 41.0 Å². The summed E-state index contributed by atoms with van der Waals surface area (Å²) < 4.78 is 11.3. The standard InChI is InChI=1S/C25H25N3O3/c1-30-20-9-10-22-19(13-20)14-23(27-22)25(29)28-11-5-8-18(16-28)24-26-15-21(31-24)12-17-6-3-2-4-7-17/h2-4,6-7,9-10,13-15,18,27H,5,8,11-12,16H2,1H3/t18-/m0/s1. The normalized spacial score (nSPS) is 16.5. The molecule has 4 aromatic rings. The molecule has 0 saturated carbocycles. The van der Waals surface area contributed by atoms with Crippen molar-refractivity contribution >= 4 is 16.8 Å². The van der Waals surface area contributed by atoms with Gasteiger partial charge in [-0.2, -0.15) is 0 Å². The molecule has 2 aromatic carbocycles. The molecule has 5 rings (SSSR count). The van der Waals surface area contributed by atoms with E-state index in [1.807, 2.05) is 53.6 Å². The molecule has 1 aliphatic rings. The van der Waals surface area contributed by atoms with Gasteiger partial charge >= 0.3 is 0 Å². The predicted octanol–water partition coefficient (Wildman–Crippen LogP) is 4.78. The van der Waals surface area contributed by atoms with Crippen molar-refractivity contribution in [3.63, 3.8) is 0 Å². The van der Waals surface area contributed by atoms with Crippen molar-refractivity contribution in [1.82, 2.24) is 14.9 Å². The van der Waals surface area contributed by atoms with E-state index >= 15 is 0 Å². The minimum atomic E-state index is 0.0101. The number of carbonyl (C=O) groups is 1. The van der Waals surface area contributed by atoms with Gasteiger partial charge in [0.1, 0.15) is 17.2 Å². The Morgan fingerprint density at radius 1 is 1.23 bits per heavy atom. The van der Waals surface area contributed by atoms with E-state index in [0.29, 0.717) is 12.2 Å². The molecule has 3 heterocycles. The smallest absolute Gasteiger partial charge is 0.270 e. The average molecular weight is 415 g/mol. The number of hydrogen-bond donors (Lipinski definition) is 1. The Bertz CT molecular complexity index is 1200. The zero-order valence-electron chi connectivity index (χ0n) is 17.5. The van der Waals surface area contributed by atoms with Crippen LogP contribution in [0.2, 0.25) is 0 Å². The molecule has 0 radical (unpaired) electrons. The molecule has 6 heteroatoms. The first-order valence-electron chi connectivity index (χ1n) is 10.6. The summed E-state index contributed by atoms with van der Waals surface area (Å²) in [5.74, 6) is 2.49. The fourth-order valence-electron chi connectivity index (χ4n) is 4.28. The second-order valence-electron chi connectivity index (χ2n) is 8.05. The third kappa shape index (κ3) is 4.06. The zero-order valence-corrected chi connectivity index (χ0v) is 17.5. The minimum Gasteiger partial charge on any atom is -0.497 e. The van der Waals surface area contributed by atoms with E-state index in [9.17, 15) is 4.79 Å². The highest BCUT2D eigenvalue weighted by Crippen LogP contribution is 2.29. The van der Waals surface area contributed by atoms with E-state index in [1.165, 1.54) is 5.56 Å². The Morgan fingerprint density at radius 2 is 2.10 bits per heavy atom. The topological polar surface area (TPSA) is 71.4 Å². The maximum Gasteiger partial charge on any atom is 0.270 e. The van der Waals surface area contributed by atoms with E-state index in [4.69, 9.17) is 9.15 Å². The van der Waals surface area contributed by atoms with Crippen LogP contribution in [-0.2, 0) is 6.42 Å². The highest BCUT2D eigenvalue weighted by atomic mass is 16.5. The van der Waals surface area contributed by atoms with Gasteiger partial charge in [0.25, 0.3) is 5.91 Å². The molecule has 1 saturated heterocycles. The number of oxazole rings is 1. The highest BCUT2D eigenvalue weighted by molar-refractivity contribution is 5.98. The van der Waals surface area contributed by atoms with Gasteiger partial charge in [-0.15, -0.1) is 0 Å². The van der Waals surface area contributed by atoms with E-state index in [2.05, 4.69) is 22.1 Å². The minimum absolute atomic E-state index is 0.0101. The second kappa shape index (κ2) is 8.30. The summed E-state index contributed by atoms with van der Waals surface area (Å²) in [5.41, 5.74) is 2.72. The maximum absolute atomic E-state index is 13.2. The summed E-state index contributed by atoms with van der Waals surface area (Å²) in [7, 11) is 1.64. The molecule has 0 bridgehead atoms. The fourth-order valence-corrected chi connectivity index (χ4v) is 4.28. The summed E-state index contributed by atoms with van der Waals surface area (Å²) in [4.78, 5) is 22.8. The van der Waals surface area contributed by atoms with Crippen LogP contribution in [0, 0.1) is 0 Å². The number of aromatic amines is 1. The molecular formula is C25H25N3O3. The molecular weight excluding hydrogens is 390 g/mol. The maximum atomic E-state index is 13.2. The Hall–Kier alpha value is -3.54. The first-order chi connectivity index (χ1) is 15.2. The number of hydrogen-bond acceptors (Lipinski definition) is 4. The van der Waals surface area contributed by atoms with E-state index in [-0.39, 0.29) is 11.8 Å². The third-order valence-electron chi connectivity index (χ3n) is 5.91. The number of nitrogens with one attached hydrogen (secondary N) is 1. The number of fused-ring (bicyclic) bond motifs is 1. The number of amides is 1. The monoisotopic (exact) mass is 415 g/mol. The Kier molecular flexibility index (Phi) is 5.20. The summed E-state index contributed by atoms with van der Waals surface area (Å²) in [6.45, 7) is 1.36. The van der Waals surface area contributed by atoms with Gasteiger partial charge in [-0.1, -0.05) is 30.3 Å². The van der Waals surface area contributed by atoms with Gasteiger partial charge in [0.15, 0.2) is 5.89 Å². The number of rotatable bonds is 5. The average Bonchev–Trinajstić information content (AvgIpc) is 3.46. The second-order valence-corrected chi connectivity index (χ2v) is 8.05. The molecule has 1 N–H and O–H groups in total. The molecule has 6 nitrogen and oxygen atoms in total. The van der Waals surface area contributed by atoms with Gasteiger partial charge in [0, 0.05) is 30.4 Å². The number of piperidine rings is 1. The number of benzene rings is 2. The van der Waals surface area contributed by atoms with Gasteiger partial charge in [-0.25, -0.2) is 4.98 Å². The lowest BCUT2D eigenvalue weighted by atomic mass is 9.97. The van der Waals surface area contributed by atoms with Crippen LogP contribution in [0.4, 0.5) is 0 Å². The summed E-state index contributed by atoms with van der Waals surface area (Å²) in [6.07, 6.45) is 4.44. The lowest BCUT2D eigenvalue weighted by Crippen LogP contribution is -2.39. The van der Waals surface area contributed by atoms with Gasteiger partial charge in [0.05, 0.1) is 19.2 Å². The van der Waals surface area contributed by atoms with Gasteiger partial charge in [-0.05, 0) is 42.7 Å². The van der Waals surface area contributed by atoms with Crippen molar-refractivity contribution in [2.45, 2.75) is 25.2 Å². The van der Waals surface area contributed by atoms with Crippen LogP contribution in [0.15, 0.2) is 65.2 Å². The van der Waals surface area contributed by atoms with Crippen LogP contribution in [0.3, 0.4) is 0 Å². The Morgan fingerprint density at radius 3 is 2.94 bits per heavy atom. The van der Waals surface area contributed by atoms with Gasteiger partial charge < -0.3 is 19.0 Å². The number of carbonyl (C=O) groups excluding carboxylic acids is 1. The molecule has 31 heavy (non-hydrogen) atoms. The molecule has 1 atom stereocenters. The van der Waals surface area contributed by atoms with Crippen molar-refractivity contribution in [3.05, 3.63) is 83.7 Å². The first-order valence-corrected chi connectivity index (χ1v) is 10.6. The van der Waals surface area contributed by atoms with E-state index in [0.717, 1.165) is 54.1 Å². The van der Waals surface area contributed by atoms with Crippen molar-refractivity contribution in [2.75, 3.05) is 20.2 Å². The van der Waals surface area contributed by atoms with Gasteiger partial charge in [0.2, 0.25) is 0 Å². The van der Waals surface area contributed by atoms with Crippen LogP contribution >= 0.6 is 0 Å². The lowest BCUT2D eigenvalue weighted by Gasteiger charge is -2.31. The number of H-pyrrole nitrogens is 1. The molecule has 158 valence electrons. The largest absolute Gasteiger partial charge is 0.497 e. The Labute approximate surface area is 180 Å². The highest BCUT2D eigenvalue weighted by Gasteiger charge is 2.29. The molecule has 0 spiro atoms. The van der Waals surface area contributed by atoms with Crippen molar-refractivity contribution < 1.29 is 13.9 Å². The third-order valence-corrected chi connectivity index (χ3v) is 5.91. The van der Waals surface area contributed by atoms with E-state index in [1.54, 1.807) is 7.11 Å². The number of likely N-dealkylation sites (tertiary alicyclic amines) is 1.